The van der Waals surface area contributed by atoms with E-state index in [9.17, 15) is 0 Å². The van der Waals surface area contributed by atoms with Gasteiger partial charge in [0.1, 0.15) is 11.4 Å². The van der Waals surface area contributed by atoms with Crippen LogP contribution in [0.2, 0.25) is 0 Å². The van der Waals surface area contributed by atoms with E-state index in [0.29, 0.717) is 5.25 Å². The molecule has 2 nitrogen and oxygen atoms in total. The maximum Gasteiger partial charge on any atom is 0.125 e. The highest BCUT2D eigenvalue weighted by Gasteiger charge is 2.40. The van der Waals surface area contributed by atoms with Crippen molar-refractivity contribution in [3.63, 3.8) is 0 Å². The van der Waals surface area contributed by atoms with E-state index in [1.807, 2.05) is 17.8 Å². The number of fused-ring (bicyclic) bond motifs is 1. The van der Waals surface area contributed by atoms with E-state index in [1.165, 1.54) is 5.56 Å². The molecule has 1 aliphatic heterocycles. The van der Waals surface area contributed by atoms with Gasteiger partial charge in [0.2, 0.25) is 0 Å². The van der Waals surface area contributed by atoms with Crippen LogP contribution < -0.4 is 10.1 Å². The highest BCUT2D eigenvalue weighted by atomic mass is 32.2. The van der Waals surface area contributed by atoms with Gasteiger partial charge < -0.3 is 10.1 Å². The molecule has 1 aromatic rings. The van der Waals surface area contributed by atoms with Gasteiger partial charge >= 0.3 is 0 Å². The molecule has 17 heavy (non-hydrogen) atoms. The first kappa shape index (κ1) is 12.8. The van der Waals surface area contributed by atoms with Crippen LogP contribution in [0.3, 0.4) is 0 Å². The fourth-order valence-corrected chi connectivity index (χ4v) is 2.51. The van der Waals surface area contributed by atoms with Crippen molar-refractivity contribution >= 4 is 11.8 Å². The topological polar surface area (TPSA) is 21.3 Å². The molecule has 0 bridgehead atoms. The lowest BCUT2D eigenvalue weighted by molar-refractivity contribution is 0.0968. The summed E-state index contributed by atoms with van der Waals surface area (Å²) in [5.41, 5.74) is 1.12. The average Bonchev–Trinajstić information content (AvgIpc) is 2.56. The molecule has 0 aliphatic carbocycles. The Morgan fingerprint density at radius 2 is 2.12 bits per heavy atom. The molecular formula is C14H21NOS. The van der Waals surface area contributed by atoms with Gasteiger partial charge in [-0.15, -0.1) is 0 Å². The van der Waals surface area contributed by atoms with E-state index in [4.69, 9.17) is 4.74 Å². The molecule has 0 saturated carbocycles. The molecule has 94 valence electrons. The minimum absolute atomic E-state index is 0.165. The number of hydrogen-bond donors (Lipinski definition) is 1. The largest absolute Gasteiger partial charge is 0.486 e. The van der Waals surface area contributed by atoms with Crippen LogP contribution in [0, 0.1) is 0 Å². The Morgan fingerprint density at radius 1 is 1.41 bits per heavy atom. The van der Waals surface area contributed by atoms with E-state index in [0.717, 1.165) is 12.3 Å². The quantitative estimate of drug-likeness (QED) is 0.887. The summed E-state index contributed by atoms with van der Waals surface area (Å²) in [6, 6.07) is 8.61. The van der Waals surface area contributed by atoms with Gasteiger partial charge in [-0.05, 0) is 26.2 Å². The maximum absolute atomic E-state index is 6.00. The van der Waals surface area contributed by atoms with Crippen LogP contribution in [-0.4, -0.2) is 23.7 Å². The summed E-state index contributed by atoms with van der Waals surface area (Å²) in [5.74, 6) is 1.02. The number of hydrogen-bond acceptors (Lipinski definition) is 3. The van der Waals surface area contributed by atoms with E-state index in [2.05, 4.69) is 50.5 Å². The second-order valence-corrected chi connectivity index (χ2v) is 6.41. The Bertz CT molecular complexity index is 392. The molecular weight excluding hydrogens is 230 g/mol. The smallest absolute Gasteiger partial charge is 0.125 e. The minimum atomic E-state index is -0.165. The highest BCUT2D eigenvalue weighted by molar-refractivity contribution is 7.99. The molecule has 1 aliphatic rings. The zero-order chi connectivity index (χ0) is 12.5. The van der Waals surface area contributed by atoms with Crippen LogP contribution in [0.1, 0.15) is 32.4 Å². The Morgan fingerprint density at radius 3 is 2.82 bits per heavy atom. The summed E-state index contributed by atoms with van der Waals surface area (Å²) in [6.45, 7) is 7.54. The third kappa shape index (κ3) is 2.61. The van der Waals surface area contributed by atoms with E-state index in [-0.39, 0.29) is 11.6 Å². The normalized spacial score (nSPS) is 22.9. The zero-order valence-electron chi connectivity index (χ0n) is 11.0. The molecule has 0 aromatic heterocycles. The van der Waals surface area contributed by atoms with Crippen molar-refractivity contribution < 1.29 is 4.74 Å². The van der Waals surface area contributed by atoms with Gasteiger partial charge in [0, 0.05) is 17.4 Å². The second-order valence-electron chi connectivity index (χ2n) is 5.13. The van der Waals surface area contributed by atoms with Crippen molar-refractivity contribution in [2.45, 2.75) is 37.7 Å². The molecule has 3 heteroatoms. The van der Waals surface area contributed by atoms with E-state index >= 15 is 0 Å². The lowest BCUT2D eigenvalue weighted by atomic mass is 9.94. The van der Waals surface area contributed by atoms with Crippen molar-refractivity contribution in [3.05, 3.63) is 29.8 Å². The van der Waals surface area contributed by atoms with Gasteiger partial charge in [-0.1, -0.05) is 25.1 Å². The van der Waals surface area contributed by atoms with Crippen molar-refractivity contribution in [1.82, 2.24) is 5.32 Å². The zero-order valence-corrected chi connectivity index (χ0v) is 11.8. The van der Waals surface area contributed by atoms with Crippen LogP contribution in [0.25, 0.3) is 0 Å². The number of nitrogens with one attached hydrogen (secondary N) is 1. The summed E-state index contributed by atoms with van der Waals surface area (Å²) in [5, 5.41) is 4.26. The SMILES string of the molecule is CSC(C)CNC1c2ccccc2OC1(C)C. The third-order valence-corrected chi connectivity index (χ3v) is 4.28. The molecule has 2 atom stereocenters. The van der Waals surface area contributed by atoms with Crippen molar-refractivity contribution in [2.24, 2.45) is 0 Å². The Balaban J connectivity index is 2.14. The van der Waals surface area contributed by atoms with Gasteiger partial charge in [0.05, 0.1) is 6.04 Å². The summed E-state index contributed by atoms with van der Waals surface area (Å²) in [4.78, 5) is 0. The predicted molar refractivity (Wildman–Crippen MR) is 74.9 cm³/mol. The van der Waals surface area contributed by atoms with Gasteiger partial charge in [-0.2, -0.15) is 11.8 Å². The van der Waals surface area contributed by atoms with Gasteiger partial charge in [-0.3, -0.25) is 0 Å². The lowest BCUT2D eigenvalue weighted by Crippen LogP contribution is -2.41. The Labute approximate surface area is 108 Å². The number of thioether (sulfide) groups is 1. The molecule has 2 rings (SSSR count). The molecule has 1 heterocycles. The van der Waals surface area contributed by atoms with Crippen LogP contribution in [0.15, 0.2) is 24.3 Å². The number of benzene rings is 1. The van der Waals surface area contributed by atoms with Crippen LogP contribution in [0.5, 0.6) is 5.75 Å². The molecule has 0 fully saturated rings. The number of rotatable bonds is 4. The first-order chi connectivity index (χ1) is 8.04. The number of ether oxygens (including phenoxy) is 1. The van der Waals surface area contributed by atoms with Crippen molar-refractivity contribution in [1.29, 1.82) is 0 Å². The second kappa shape index (κ2) is 4.91. The van der Waals surface area contributed by atoms with Crippen molar-refractivity contribution in [2.75, 3.05) is 12.8 Å². The summed E-state index contributed by atoms with van der Waals surface area (Å²) < 4.78 is 6.00. The van der Waals surface area contributed by atoms with Crippen LogP contribution in [-0.2, 0) is 0 Å². The summed E-state index contributed by atoms with van der Waals surface area (Å²) in [6.07, 6.45) is 2.15. The van der Waals surface area contributed by atoms with Gasteiger partial charge in [-0.25, -0.2) is 0 Å². The average molecular weight is 251 g/mol. The fraction of sp³-hybridized carbons (Fsp3) is 0.571. The first-order valence-corrected chi connectivity index (χ1v) is 7.37. The van der Waals surface area contributed by atoms with Crippen molar-refractivity contribution in [3.8, 4) is 5.75 Å². The minimum Gasteiger partial charge on any atom is -0.486 e. The first-order valence-electron chi connectivity index (χ1n) is 6.08. The highest BCUT2D eigenvalue weighted by Crippen LogP contribution is 2.42. The van der Waals surface area contributed by atoms with Gasteiger partial charge in [0.25, 0.3) is 0 Å². The molecule has 0 saturated heterocycles. The predicted octanol–water partition coefficient (Wildman–Crippen LogP) is 3.24. The molecule has 1 aromatic carbocycles. The lowest BCUT2D eigenvalue weighted by Gasteiger charge is -2.28. The van der Waals surface area contributed by atoms with E-state index < -0.39 is 0 Å². The third-order valence-electron chi connectivity index (χ3n) is 3.31. The van der Waals surface area contributed by atoms with Gasteiger partial charge in [0.15, 0.2) is 0 Å². The Hall–Kier alpha value is -0.670. The Kier molecular flexibility index (Phi) is 3.69. The maximum atomic E-state index is 6.00. The molecule has 0 amide bonds. The monoisotopic (exact) mass is 251 g/mol. The summed E-state index contributed by atoms with van der Waals surface area (Å²) in [7, 11) is 0. The molecule has 2 unspecified atom stereocenters. The van der Waals surface area contributed by atoms with Crippen LogP contribution in [0.4, 0.5) is 0 Å². The van der Waals surface area contributed by atoms with E-state index in [1.54, 1.807) is 0 Å². The van der Waals surface area contributed by atoms with Crippen LogP contribution >= 0.6 is 11.8 Å². The molecule has 0 spiro atoms. The number of para-hydroxylation sites is 1. The standard InChI is InChI=1S/C14H21NOS/c1-10(17-4)9-15-13-11-7-5-6-8-12(11)16-14(13,2)3/h5-8,10,13,15H,9H2,1-4H3. The molecule has 1 N–H and O–H groups in total. The summed E-state index contributed by atoms with van der Waals surface area (Å²) >= 11 is 1.89. The fourth-order valence-electron chi connectivity index (χ4n) is 2.25. The molecule has 0 radical (unpaired) electrons.